The summed E-state index contributed by atoms with van der Waals surface area (Å²) in [6.45, 7) is 1.46. The Hall–Kier alpha value is -1.65. The number of anilines is 1. The quantitative estimate of drug-likeness (QED) is 0.851. The number of hydrogen-bond acceptors (Lipinski definition) is 2. The second-order valence-corrected chi connectivity index (χ2v) is 4.50. The number of carboxylic acids is 1. The highest BCUT2D eigenvalue weighted by Gasteiger charge is 2.48. The molecule has 2 N–H and O–H groups in total. The van der Waals surface area contributed by atoms with E-state index in [0.29, 0.717) is 0 Å². The highest BCUT2D eigenvalue weighted by molar-refractivity contribution is 5.83. The molecule has 1 saturated carbocycles. The van der Waals surface area contributed by atoms with E-state index in [0.717, 1.165) is 25.0 Å². The minimum Gasteiger partial charge on any atom is -0.480 e. The van der Waals surface area contributed by atoms with Crippen molar-refractivity contribution in [2.24, 2.45) is 5.92 Å². The van der Waals surface area contributed by atoms with Crippen molar-refractivity contribution in [3.05, 3.63) is 29.8 Å². The maximum atomic E-state index is 13.4. The smallest absolute Gasteiger partial charge is 0.329 e. The van der Waals surface area contributed by atoms with Crippen molar-refractivity contribution in [1.82, 2.24) is 0 Å². The molecule has 1 atom stereocenters. The van der Waals surface area contributed by atoms with Crippen molar-refractivity contribution < 1.29 is 18.7 Å². The molecule has 1 aromatic rings. The molecule has 0 aromatic heterocycles. The Labute approximate surface area is 97.5 Å². The molecule has 0 radical (unpaired) electrons. The summed E-state index contributed by atoms with van der Waals surface area (Å²) in [5.74, 6) is -2.74. The van der Waals surface area contributed by atoms with Gasteiger partial charge in [-0.05, 0) is 37.8 Å². The van der Waals surface area contributed by atoms with E-state index in [1.807, 2.05) is 0 Å². The van der Waals surface area contributed by atoms with Gasteiger partial charge < -0.3 is 10.4 Å². The molecule has 5 heteroatoms. The fourth-order valence-corrected chi connectivity index (χ4v) is 1.87. The molecule has 1 aliphatic rings. The van der Waals surface area contributed by atoms with Crippen LogP contribution in [0.2, 0.25) is 0 Å². The average molecular weight is 241 g/mol. The van der Waals surface area contributed by atoms with Gasteiger partial charge in [0.1, 0.15) is 22.9 Å². The minimum absolute atomic E-state index is 0.0843. The van der Waals surface area contributed by atoms with Crippen molar-refractivity contribution in [3.63, 3.8) is 0 Å². The van der Waals surface area contributed by atoms with E-state index >= 15 is 0 Å². The zero-order valence-electron chi connectivity index (χ0n) is 9.34. The summed E-state index contributed by atoms with van der Waals surface area (Å²) in [6.07, 6.45) is 1.51. The summed E-state index contributed by atoms with van der Waals surface area (Å²) < 4.78 is 26.9. The summed E-state index contributed by atoms with van der Waals surface area (Å²) in [5.41, 5.74) is -1.69. The first-order valence-corrected chi connectivity index (χ1v) is 5.40. The van der Waals surface area contributed by atoms with E-state index < -0.39 is 23.1 Å². The number of aliphatic carboxylic acids is 1. The highest BCUT2D eigenvalue weighted by Crippen LogP contribution is 2.42. The number of para-hydroxylation sites is 1. The predicted octanol–water partition coefficient (Wildman–Crippen LogP) is 2.63. The Morgan fingerprint density at radius 2 is 1.94 bits per heavy atom. The molecule has 1 aromatic carbocycles. The standard InChI is InChI=1S/C12H13F2NO2/c1-12(11(16)17,7-5-6-7)15-10-8(13)3-2-4-9(10)14/h2-4,7,15H,5-6H2,1H3,(H,16,17). The van der Waals surface area contributed by atoms with E-state index in [2.05, 4.69) is 5.32 Å². The highest BCUT2D eigenvalue weighted by atomic mass is 19.1. The lowest BCUT2D eigenvalue weighted by Gasteiger charge is -2.27. The Bertz CT molecular complexity index is 440. The third-order valence-corrected chi connectivity index (χ3v) is 3.19. The van der Waals surface area contributed by atoms with Gasteiger partial charge in [-0.3, -0.25) is 0 Å². The molecular weight excluding hydrogens is 228 g/mol. The molecule has 17 heavy (non-hydrogen) atoms. The molecule has 0 heterocycles. The van der Waals surface area contributed by atoms with Crippen molar-refractivity contribution in [2.75, 3.05) is 5.32 Å². The Morgan fingerprint density at radius 1 is 1.41 bits per heavy atom. The van der Waals surface area contributed by atoms with Crippen molar-refractivity contribution in [3.8, 4) is 0 Å². The van der Waals surface area contributed by atoms with Crippen LogP contribution in [0.15, 0.2) is 18.2 Å². The fourth-order valence-electron chi connectivity index (χ4n) is 1.87. The largest absolute Gasteiger partial charge is 0.480 e. The topological polar surface area (TPSA) is 49.3 Å². The molecule has 0 bridgehead atoms. The van der Waals surface area contributed by atoms with Crippen LogP contribution in [0.5, 0.6) is 0 Å². The molecule has 0 aliphatic heterocycles. The summed E-state index contributed by atoms with van der Waals surface area (Å²) in [4.78, 5) is 11.2. The normalized spacial score (nSPS) is 18.5. The van der Waals surface area contributed by atoms with E-state index in [4.69, 9.17) is 0 Å². The zero-order valence-corrected chi connectivity index (χ0v) is 9.34. The van der Waals surface area contributed by atoms with Crippen molar-refractivity contribution in [2.45, 2.75) is 25.3 Å². The second-order valence-electron chi connectivity index (χ2n) is 4.50. The molecular formula is C12H13F2NO2. The van der Waals surface area contributed by atoms with Gasteiger partial charge in [-0.2, -0.15) is 0 Å². The number of benzene rings is 1. The van der Waals surface area contributed by atoms with Crippen LogP contribution in [-0.2, 0) is 4.79 Å². The van der Waals surface area contributed by atoms with Crippen molar-refractivity contribution >= 4 is 11.7 Å². The van der Waals surface area contributed by atoms with Gasteiger partial charge >= 0.3 is 5.97 Å². The molecule has 3 nitrogen and oxygen atoms in total. The third kappa shape index (κ3) is 2.09. The van der Waals surface area contributed by atoms with Gasteiger partial charge in [-0.1, -0.05) is 6.07 Å². The van der Waals surface area contributed by atoms with Gasteiger partial charge in [0.2, 0.25) is 0 Å². The lowest BCUT2D eigenvalue weighted by molar-refractivity contribution is -0.142. The predicted molar refractivity (Wildman–Crippen MR) is 58.7 cm³/mol. The third-order valence-electron chi connectivity index (χ3n) is 3.19. The maximum Gasteiger partial charge on any atom is 0.329 e. The van der Waals surface area contributed by atoms with Gasteiger partial charge in [-0.15, -0.1) is 0 Å². The van der Waals surface area contributed by atoms with Crippen LogP contribution in [0.4, 0.5) is 14.5 Å². The second kappa shape index (κ2) is 3.98. The van der Waals surface area contributed by atoms with Gasteiger partial charge in [-0.25, -0.2) is 13.6 Å². The molecule has 0 saturated heterocycles. The van der Waals surface area contributed by atoms with Crippen LogP contribution >= 0.6 is 0 Å². The first-order valence-electron chi connectivity index (χ1n) is 5.40. The minimum atomic E-state index is -1.32. The molecule has 0 spiro atoms. The summed E-state index contributed by atoms with van der Waals surface area (Å²) in [6, 6.07) is 3.44. The lowest BCUT2D eigenvalue weighted by atomic mass is 9.95. The van der Waals surface area contributed by atoms with Gasteiger partial charge in [0.15, 0.2) is 0 Å². The van der Waals surface area contributed by atoms with E-state index in [9.17, 15) is 18.7 Å². The summed E-state index contributed by atoms with van der Waals surface area (Å²) in [7, 11) is 0. The van der Waals surface area contributed by atoms with Gasteiger partial charge in [0.05, 0.1) is 0 Å². The fraction of sp³-hybridized carbons (Fsp3) is 0.417. The SMILES string of the molecule is CC(Nc1c(F)cccc1F)(C(=O)O)C1CC1. The Morgan fingerprint density at radius 3 is 2.35 bits per heavy atom. The lowest BCUT2D eigenvalue weighted by Crippen LogP contribution is -2.46. The molecule has 1 aliphatic carbocycles. The first kappa shape index (κ1) is 11.8. The summed E-state index contributed by atoms with van der Waals surface area (Å²) >= 11 is 0. The van der Waals surface area contributed by atoms with Crippen LogP contribution in [0.3, 0.4) is 0 Å². The van der Waals surface area contributed by atoms with Gasteiger partial charge in [0, 0.05) is 0 Å². The van der Waals surface area contributed by atoms with Gasteiger partial charge in [0.25, 0.3) is 0 Å². The monoisotopic (exact) mass is 241 g/mol. The molecule has 1 unspecified atom stereocenters. The van der Waals surface area contributed by atoms with E-state index in [1.54, 1.807) is 0 Å². The Balaban J connectivity index is 2.33. The Kier molecular flexibility index (Phi) is 2.77. The maximum absolute atomic E-state index is 13.4. The molecule has 92 valence electrons. The van der Waals surface area contributed by atoms with Crippen LogP contribution < -0.4 is 5.32 Å². The molecule has 0 amide bonds. The molecule has 2 rings (SSSR count). The zero-order chi connectivity index (χ0) is 12.6. The average Bonchev–Trinajstić information content (AvgIpc) is 3.07. The number of carbonyl (C=O) groups is 1. The first-order chi connectivity index (χ1) is 7.95. The van der Waals surface area contributed by atoms with Crippen molar-refractivity contribution in [1.29, 1.82) is 0 Å². The van der Waals surface area contributed by atoms with Crippen LogP contribution in [0.1, 0.15) is 19.8 Å². The van der Waals surface area contributed by atoms with E-state index in [1.165, 1.54) is 13.0 Å². The number of halogens is 2. The number of nitrogens with one attached hydrogen (secondary N) is 1. The van der Waals surface area contributed by atoms with Crippen LogP contribution in [0, 0.1) is 17.6 Å². The molecule has 1 fully saturated rings. The number of hydrogen-bond donors (Lipinski definition) is 2. The summed E-state index contributed by atoms with van der Waals surface area (Å²) in [5, 5.41) is 11.7. The van der Waals surface area contributed by atoms with Crippen LogP contribution in [0.25, 0.3) is 0 Å². The van der Waals surface area contributed by atoms with Crippen LogP contribution in [-0.4, -0.2) is 16.6 Å². The number of carboxylic acid groups (broad SMARTS) is 1. The van der Waals surface area contributed by atoms with E-state index in [-0.39, 0.29) is 11.6 Å². The number of rotatable bonds is 4.